The molecular formula is C20H19N3O6. The molecule has 6 rings (SSSR count). The molecule has 5 aliphatic rings. The summed E-state index contributed by atoms with van der Waals surface area (Å²) in [5.41, 5.74) is -0.287. The van der Waals surface area contributed by atoms with Crippen molar-refractivity contribution in [2.75, 3.05) is 6.61 Å². The first-order chi connectivity index (χ1) is 13.9. The van der Waals surface area contributed by atoms with Crippen molar-refractivity contribution in [3.05, 3.63) is 40.0 Å². The van der Waals surface area contributed by atoms with Gasteiger partial charge in [-0.15, -0.1) is 0 Å². The van der Waals surface area contributed by atoms with E-state index in [4.69, 9.17) is 4.74 Å². The zero-order valence-electron chi connectivity index (χ0n) is 15.6. The minimum atomic E-state index is -0.731. The number of benzene rings is 1. The molecule has 0 radical (unpaired) electrons. The molecule has 1 heterocycles. The molecule has 29 heavy (non-hydrogen) atoms. The molecule has 1 N–H and O–H groups in total. The minimum Gasteiger partial charge on any atom is -0.500 e. The fourth-order valence-corrected chi connectivity index (χ4v) is 5.27. The lowest BCUT2D eigenvalue weighted by Gasteiger charge is -2.37. The average molecular weight is 397 g/mol. The van der Waals surface area contributed by atoms with Crippen LogP contribution in [0.25, 0.3) is 0 Å². The van der Waals surface area contributed by atoms with E-state index in [-0.39, 0.29) is 53.4 Å². The fourth-order valence-electron chi connectivity index (χ4n) is 5.27. The molecule has 1 aliphatic heterocycles. The quantitative estimate of drug-likeness (QED) is 0.267. The smallest absolute Gasteiger partial charge is 0.315 e. The van der Waals surface area contributed by atoms with Crippen LogP contribution in [0.5, 0.6) is 11.5 Å². The summed E-state index contributed by atoms with van der Waals surface area (Å²) in [6.45, 7) is 1.89. The summed E-state index contributed by atoms with van der Waals surface area (Å²) < 4.78 is 5.24. The van der Waals surface area contributed by atoms with Gasteiger partial charge in [0, 0.05) is 11.6 Å². The lowest BCUT2D eigenvalue weighted by Crippen LogP contribution is -2.40. The Balaban J connectivity index is 1.45. The number of phenolic OH excluding ortho intramolecular Hbond substituents is 1. The predicted octanol–water partition coefficient (Wildman–Crippen LogP) is 2.09. The van der Waals surface area contributed by atoms with Gasteiger partial charge in [0.25, 0.3) is 11.8 Å². The number of amides is 2. The van der Waals surface area contributed by atoms with Gasteiger partial charge in [-0.2, -0.15) is 10.1 Å². The molecule has 0 aromatic heterocycles. The highest BCUT2D eigenvalue weighted by atomic mass is 16.6. The Hall–Kier alpha value is -3.23. The molecule has 2 bridgehead atoms. The van der Waals surface area contributed by atoms with Crippen molar-refractivity contribution in [1.29, 1.82) is 0 Å². The van der Waals surface area contributed by atoms with E-state index < -0.39 is 16.4 Å². The van der Waals surface area contributed by atoms with Crippen LogP contribution in [0.3, 0.4) is 0 Å². The fraction of sp³-hybridized carbons (Fsp3) is 0.450. The number of nitro groups is 1. The molecule has 1 aromatic rings. The molecule has 150 valence electrons. The number of phenols is 1. The van der Waals surface area contributed by atoms with Crippen LogP contribution in [0, 0.1) is 45.6 Å². The maximum Gasteiger partial charge on any atom is 0.315 e. The maximum absolute atomic E-state index is 12.9. The third kappa shape index (κ3) is 2.49. The van der Waals surface area contributed by atoms with E-state index in [2.05, 4.69) is 17.3 Å². The number of carbonyl (C=O) groups excluding carboxylic acids is 2. The number of nitro benzene ring substituents is 1. The first-order valence-electron chi connectivity index (χ1n) is 9.66. The molecule has 0 spiro atoms. The molecule has 6 atom stereocenters. The highest BCUT2D eigenvalue weighted by Crippen LogP contribution is 2.65. The van der Waals surface area contributed by atoms with Crippen molar-refractivity contribution >= 4 is 23.7 Å². The summed E-state index contributed by atoms with van der Waals surface area (Å²) in [4.78, 5) is 36.3. The van der Waals surface area contributed by atoms with Gasteiger partial charge in [0.05, 0.1) is 29.6 Å². The Bertz CT molecular complexity index is 966. The van der Waals surface area contributed by atoms with E-state index in [1.54, 1.807) is 6.92 Å². The van der Waals surface area contributed by atoms with E-state index >= 15 is 0 Å². The van der Waals surface area contributed by atoms with Crippen molar-refractivity contribution in [2.24, 2.45) is 40.6 Å². The second kappa shape index (κ2) is 6.13. The van der Waals surface area contributed by atoms with Gasteiger partial charge < -0.3 is 9.84 Å². The summed E-state index contributed by atoms with van der Waals surface area (Å²) >= 11 is 0. The van der Waals surface area contributed by atoms with Crippen molar-refractivity contribution in [1.82, 2.24) is 5.01 Å². The van der Waals surface area contributed by atoms with Crippen LogP contribution in [0.2, 0.25) is 0 Å². The van der Waals surface area contributed by atoms with E-state index in [0.717, 1.165) is 17.5 Å². The highest BCUT2D eigenvalue weighted by Gasteiger charge is 2.67. The number of hydrogen-bond donors (Lipinski definition) is 1. The topological polar surface area (TPSA) is 122 Å². The first-order valence-corrected chi connectivity index (χ1v) is 9.66. The molecule has 1 aromatic carbocycles. The van der Waals surface area contributed by atoms with Crippen LogP contribution < -0.4 is 4.74 Å². The van der Waals surface area contributed by atoms with Crippen LogP contribution in [0.4, 0.5) is 5.69 Å². The number of aromatic hydroxyl groups is 1. The van der Waals surface area contributed by atoms with E-state index in [1.807, 2.05) is 0 Å². The molecule has 9 heteroatoms. The lowest BCUT2D eigenvalue weighted by molar-refractivity contribution is -0.386. The zero-order valence-corrected chi connectivity index (χ0v) is 15.6. The van der Waals surface area contributed by atoms with E-state index in [0.29, 0.717) is 11.8 Å². The van der Waals surface area contributed by atoms with Crippen molar-refractivity contribution in [3.63, 3.8) is 0 Å². The third-order valence-corrected chi connectivity index (χ3v) is 6.54. The SMILES string of the molecule is CCOc1cc(/C=N\N2C(=O)[C@@H]3[C@H]4C=C[C@@H]([C@@H]5C[C@@H]45)[C@H]3C2=O)cc([N+](=O)[O-])c1O. The number of imide groups is 1. The molecule has 4 aliphatic carbocycles. The minimum absolute atomic E-state index is 0.0572. The number of ether oxygens (including phenoxy) is 1. The van der Waals surface area contributed by atoms with E-state index in [9.17, 15) is 24.8 Å². The van der Waals surface area contributed by atoms with Gasteiger partial charge in [-0.25, -0.2) is 0 Å². The second-order valence-corrected chi connectivity index (χ2v) is 7.96. The monoisotopic (exact) mass is 397 g/mol. The predicted molar refractivity (Wildman–Crippen MR) is 100 cm³/mol. The van der Waals surface area contributed by atoms with Gasteiger partial charge in [-0.3, -0.25) is 19.7 Å². The number of rotatable bonds is 5. The van der Waals surface area contributed by atoms with Gasteiger partial charge in [0.15, 0.2) is 5.75 Å². The summed E-state index contributed by atoms with van der Waals surface area (Å²) in [5, 5.41) is 26.2. The lowest BCUT2D eigenvalue weighted by atomic mass is 9.63. The summed E-state index contributed by atoms with van der Waals surface area (Å²) in [6.07, 6.45) is 6.46. The zero-order chi connectivity index (χ0) is 20.4. The average Bonchev–Trinajstić information content (AvgIpc) is 3.47. The van der Waals surface area contributed by atoms with Crippen molar-refractivity contribution in [2.45, 2.75) is 13.3 Å². The van der Waals surface area contributed by atoms with Crippen molar-refractivity contribution < 1.29 is 24.4 Å². The number of hydrogen-bond acceptors (Lipinski definition) is 7. The van der Waals surface area contributed by atoms with E-state index in [1.165, 1.54) is 12.3 Å². The molecule has 9 nitrogen and oxygen atoms in total. The summed E-state index contributed by atoms with van der Waals surface area (Å²) in [5.74, 6) is -0.747. The van der Waals surface area contributed by atoms with Gasteiger partial charge in [-0.05, 0) is 43.1 Å². The molecule has 2 saturated carbocycles. The molecule has 0 unspecified atom stereocenters. The van der Waals surface area contributed by atoms with Crippen LogP contribution in [0.15, 0.2) is 29.4 Å². The summed E-state index contributed by atoms with van der Waals surface area (Å²) in [7, 11) is 0. The Labute approximate surface area is 165 Å². The Kier molecular flexibility index (Phi) is 3.77. The van der Waals surface area contributed by atoms with Gasteiger partial charge in [0.2, 0.25) is 5.75 Å². The largest absolute Gasteiger partial charge is 0.500 e. The van der Waals surface area contributed by atoms with Gasteiger partial charge in [0.1, 0.15) is 0 Å². The normalized spacial score (nSPS) is 33.9. The number of carbonyl (C=O) groups is 2. The standard InChI is InChI=1S/C20H19N3O6/c1-2-29-15-6-9(5-14(18(15)24)23(27)28)8-21-22-19(25)16-10-3-4-11(13-7-12(10)13)17(16)20(22)26/h3-6,8,10-13,16-17,24H,2,7H2,1H3/b21-8-/t10-,11-,12-,13-,16+,17+/m0/s1. The number of nitrogens with zero attached hydrogens (tertiary/aromatic N) is 3. The number of allylic oxidation sites excluding steroid dienone is 2. The van der Waals surface area contributed by atoms with Gasteiger partial charge >= 0.3 is 5.69 Å². The van der Waals surface area contributed by atoms with Crippen LogP contribution in [-0.2, 0) is 9.59 Å². The van der Waals surface area contributed by atoms with Crippen LogP contribution in [0.1, 0.15) is 18.9 Å². The molecular weight excluding hydrogens is 378 g/mol. The van der Waals surface area contributed by atoms with Crippen molar-refractivity contribution in [3.8, 4) is 11.5 Å². The molecule has 3 fully saturated rings. The van der Waals surface area contributed by atoms with Gasteiger partial charge in [-0.1, -0.05) is 12.2 Å². The first kappa shape index (κ1) is 17.8. The molecule has 2 amide bonds. The third-order valence-electron chi connectivity index (χ3n) is 6.54. The maximum atomic E-state index is 12.9. The highest BCUT2D eigenvalue weighted by molar-refractivity contribution is 6.06. The van der Waals surface area contributed by atoms with Crippen LogP contribution >= 0.6 is 0 Å². The summed E-state index contributed by atoms with van der Waals surface area (Å²) in [6, 6.07) is 2.51. The Morgan fingerprint density at radius 1 is 1.24 bits per heavy atom. The Morgan fingerprint density at radius 3 is 2.41 bits per heavy atom. The van der Waals surface area contributed by atoms with Crippen LogP contribution in [-0.4, -0.2) is 39.7 Å². The second-order valence-electron chi connectivity index (χ2n) is 7.96. The Morgan fingerprint density at radius 2 is 1.86 bits per heavy atom. The molecule has 1 saturated heterocycles. The number of hydrazone groups is 1.